The highest BCUT2D eigenvalue weighted by Gasteiger charge is 2.19. The van der Waals surface area contributed by atoms with Crippen LogP contribution in [0, 0.1) is 18.7 Å². The lowest BCUT2D eigenvalue weighted by atomic mass is 9.84. The maximum Gasteiger partial charge on any atom is 0.123 e. The van der Waals surface area contributed by atoms with Gasteiger partial charge in [0.1, 0.15) is 5.82 Å². The number of anilines is 1. The van der Waals surface area contributed by atoms with Gasteiger partial charge in [0.15, 0.2) is 0 Å². The van der Waals surface area contributed by atoms with Crippen molar-refractivity contribution in [2.45, 2.75) is 52.0 Å². The van der Waals surface area contributed by atoms with Gasteiger partial charge in [-0.25, -0.2) is 4.39 Å². The summed E-state index contributed by atoms with van der Waals surface area (Å²) in [7, 11) is 0. The van der Waals surface area contributed by atoms with Crippen molar-refractivity contribution in [1.29, 1.82) is 0 Å². The van der Waals surface area contributed by atoms with E-state index in [9.17, 15) is 4.39 Å². The Balaban J connectivity index is 1.93. The number of hydrogen-bond donors (Lipinski definition) is 1. The van der Waals surface area contributed by atoms with Crippen molar-refractivity contribution >= 4 is 5.69 Å². The Hall–Kier alpha value is -1.05. The van der Waals surface area contributed by atoms with Crippen molar-refractivity contribution in [3.05, 3.63) is 29.6 Å². The lowest BCUT2D eigenvalue weighted by Crippen LogP contribution is -2.26. The monoisotopic (exact) mass is 235 g/mol. The lowest BCUT2D eigenvalue weighted by Gasteiger charge is -2.29. The highest BCUT2D eigenvalue weighted by Crippen LogP contribution is 2.29. The first kappa shape index (κ1) is 12.4. The van der Waals surface area contributed by atoms with Crippen molar-refractivity contribution in [2.75, 3.05) is 5.32 Å². The molecule has 1 aromatic rings. The molecular weight excluding hydrogens is 213 g/mol. The van der Waals surface area contributed by atoms with E-state index in [0.29, 0.717) is 6.04 Å². The number of benzene rings is 1. The molecule has 0 spiro atoms. The molecule has 94 valence electrons. The lowest BCUT2D eigenvalue weighted by molar-refractivity contribution is 0.330. The Morgan fingerprint density at radius 2 is 1.94 bits per heavy atom. The van der Waals surface area contributed by atoms with E-state index in [1.54, 1.807) is 6.07 Å². The molecule has 0 saturated heterocycles. The molecule has 1 aromatic carbocycles. The van der Waals surface area contributed by atoms with Gasteiger partial charge in [-0.05, 0) is 62.3 Å². The third kappa shape index (κ3) is 3.21. The van der Waals surface area contributed by atoms with Gasteiger partial charge in [0.25, 0.3) is 0 Å². The molecule has 0 bridgehead atoms. The van der Waals surface area contributed by atoms with E-state index >= 15 is 0 Å². The van der Waals surface area contributed by atoms with E-state index in [-0.39, 0.29) is 5.82 Å². The molecule has 1 aliphatic carbocycles. The van der Waals surface area contributed by atoms with Crippen molar-refractivity contribution in [3.63, 3.8) is 0 Å². The van der Waals surface area contributed by atoms with Crippen molar-refractivity contribution in [2.24, 2.45) is 5.92 Å². The Labute approximate surface area is 103 Å². The highest BCUT2D eigenvalue weighted by molar-refractivity contribution is 5.51. The van der Waals surface area contributed by atoms with Gasteiger partial charge in [-0.1, -0.05) is 13.3 Å². The van der Waals surface area contributed by atoms with Crippen LogP contribution in [0.2, 0.25) is 0 Å². The largest absolute Gasteiger partial charge is 0.382 e. The molecule has 0 amide bonds. The molecular formula is C15H22FN. The molecule has 2 heteroatoms. The van der Waals surface area contributed by atoms with Crippen LogP contribution in [0.4, 0.5) is 10.1 Å². The fraction of sp³-hybridized carbons (Fsp3) is 0.600. The molecule has 0 heterocycles. The van der Waals surface area contributed by atoms with Crippen molar-refractivity contribution in [3.8, 4) is 0 Å². The average Bonchev–Trinajstić information content (AvgIpc) is 2.34. The highest BCUT2D eigenvalue weighted by atomic mass is 19.1. The SMILES string of the molecule is CCC1CCC(Nc2ccc(F)cc2C)CC1. The standard InChI is InChI=1S/C15H22FN/c1-3-12-4-7-14(8-5-12)17-15-9-6-13(16)10-11(15)2/h6,9-10,12,14,17H,3-5,7-8H2,1-2H3. The van der Waals surface area contributed by atoms with Crippen LogP contribution in [0.25, 0.3) is 0 Å². The summed E-state index contributed by atoms with van der Waals surface area (Å²) in [5, 5.41) is 3.55. The minimum atomic E-state index is -0.150. The second-order valence-corrected chi connectivity index (χ2v) is 5.23. The maximum absolute atomic E-state index is 13.0. The van der Waals surface area contributed by atoms with E-state index in [1.807, 2.05) is 13.0 Å². The fourth-order valence-corrected chi connectivity index (χ4v) is 2.72. The van der Waals surface area contributed by atoms with Crippen molar-refractivity contribution < 1.29 is 4.39 Å². The van der Waals surface area contributed by atoms with Crippen LogP contribution in [0.1, 0.15) is 44.6 Å². The molecule has 1 nitrogen and oxygen atoms in total. The molecule has 2 rings (SSSR count). The zero-order valence-electron chi connectivity index (χ0n) is 10.8. The van der Waals surface area contributed by atoms with Gasteiger partial charge in [-0.2, -0.15) is 0 Å². The minimum absolute atomic E-state index is 0.150. The van der Waals surface area contributed by atoms with Crippen LogP contribution in [0.15, 0.2) is 18.2 Å². The third-order valence-corrected chi connectivity index (χ3v) is 3.97. The second-order valence-electron chi connectivity index (χ2n) is 5.23. The predicted octanol–water partition coefficient (Wildman–Crippen LogP) is 4.51. The normalized spacial score (nSPS) is 24.6. The molecule has 0 radical (unpaired) electrons. The number of nitrogens with one attached hydrogen (secondary N) is 1. The van der Waals surface area contributed by atoms with Gasteiger partial charge in [0, 0.05) is 11.7 Å². The molecule has 0 atom stereocenters. The van der Waals surface area contributed by atoms with E-state index in [4.69, 9.17) is 0 Å². The summed E-state index contributed by atoms with van der Waals surface area (Å²) >= 11 is 0. The Kier molecular flexibility index (Phi) is 4.03. The summed E-state index contributed by atoms with van der Waals surface area (Å²) in [5.41, 5.74) is 2.09. The van der Waals surface area contributed by atoms with Crippen LogP contribution in [0.5, 0.6) is 0 Å². The van der Waals surface area contributed by atoms with Crippen LogP contribution in [-0.2, 0) is 0 Å². The minimum Gasteiger partial charge on any atom is -0.382 e. The molecule has 0 aromatic heterocycles. The second kappa shape index (κ2) is 5.52. The number of hydrogen-bond acceptors (Lipinski definition) is 1. The molecule has 1 saturated carbocycles. The van der Waals surface area contributed by atoms with E-state index in [0.717, 1.165) is 17.2 Å². The van der Waals surface area contributed by atoms with Gasteiger partial charge < -0.3 is 5.32 Å². The number of rotatable bonds is 3. The molecule has 1 fully saturated rings. The molecule has 1 N–H and O–H groups in total. The Morgan fingerprint density at radius 1 is 1.24 bits per heavy atom. The van der Waals surface area contributed by atoms with Gasteiger partial charge in [0.05, 0.1) is 0 Å². The molecule has 1 aliphatic rings. The Morgan fingerprint density at radius 3 is 2.53 bits per heavy atom. The smallest absolute Gasteiger partial charge is 0.123 e. The van der Waals surface area contributed by atoms with Gasteiger partial charge in [-0.15, -0.1) is 0 Å². The maximum atomic E-state index is 13.0. The first-order valence-corrected chi connectivity index (χ1v) is 6.71. The van der Waals surface area contributed by atoms with Crippen LogP contribution in [0.3, 0.4) is 0 Å². The summed E-state index contributed by atoms with van der Waals surface area (Å²) in [6, 6.07) is 5.56. The Bertz CT molecular complexity index is 367. The van der Waals surface area contributed by atoms with E-state index in [1.165, 1.54) is 38.2 Å². The average molecular weight is 235 g/mol. The van der Waals surface area contributed by atoms with Gasteiger partial charge >= 0.3 is 0 Å². The van der Waals surface area contributed by atoms with E-state index in [2.05, 4.69) is 12.2 Å². The fourth-order valence-electron chi connectivity index (χ4n) is 2.72. The molecule has 17 heavy (non-hydrogen) atoms. The zero-order valence-corrected chi connectivity index (χ0v) is 10.8. The predicted molar refractivity (Wildman–Crippen MR) is 70.8 cm³/mol. The quantitative estimate of drug-likeness (QED) is 0.812. The number of halogens is 1. The summed E-state index contributed by atoms with van der Waals surface area (Å²) in [4.78, 5) is 0. The number of aryl methyl sites for hydroxylation is 1. The molecule has 0 unspecified atom stereocenters. The topological polar surface area (TPSA) is 12.0 Å². The summed E-state index contributed by atoms with van der Waals surface area (Å²) in [5.74, 6) is 0.769. The first-order valence-electron chi connectivity index (χ1n) is 6.71. The summed E-state index contributed by atoms with van der Waals surface area (Å²) in [6.07, 6.45) is 6.45. The van der Waals surface area contributed by atoms with Crippen LogP contribution >= 0.6 is 0 Å². The molecule has 0 aliphatic heterocycles. The van der Waals surface area contributed by atoms with Crippen LogP contribution < -0.4 is 5.32 Å². The first-order chi connectivity index (χ1) is 8.19. The van der Waals surface area contributed by atoms with Gasteiger partial charge in [0.2, 0.25) is 0 Å². The van der Waals surface area contributed by atoms with Gasteiger partial charge in [-0.3, -0.25) is 0 Å². The summed E-state index contributed by atoms with van der Waals surface area (Å²) < 4.78 is 13.0. The van der Waals surface area contributed by atoms with E-state index < -0.39 is 0 Å². The van der Waals surface area contributed by atoms with Crippen molar-refractivity contribution in [1.82, 2.24) is 0 Å². The summed E-state index contributed by atoms with van der Waals surface area (Å²) in [6.45, 7) is 4.24. The third-order valence-electron chi connectivity index (χ3n) is 3.97. The zero-order chi connectivity index (χ0) is 12.3. The van der Waals surface area contributed by atoms with Crippen LogP contribution in [-0.4, -0.2) is 6.04 Å².